The molecule has 31 heavy (non-hydrogen) atoms. The zero-order chi connectivity index (χ0) is 22.2. The van der Waals surface area contributed by atoms with E-state index in [1.54, 1.807) is 13.0 Å². The van der Waals surface area contributed by atoms with E-state index in [2.05, 4.69) is 10.6 Å². The molecule has 0 unspecified atom stereocenters. The van der Waals surface area contributed by atoms with E-state index in [1.807, 2.05) is 54.3 Å². The Morgan fingerprint density at radius 3 is 2.39 bits per heavy atom. The van der Waals surface area contributed by atoms with E-state index in [-0.39, 0.29) is 23.6 Å². The summed E-state index contributed by atoms with van der Waals surface area (Å²) in [6.07, 6.45) is 2.96. The predicted octanol–water partition coefficient (Wildman–Crippen LogP) is 4.15. The van der Waals surface area contributed by atoms with E-state index in [1.165, 1.54) is 0 Å². The Balaban J connectivity index is 1.49. The second-order valence-electron chi connectivity index (χ2n) is 8.06. The standard InChI is InChI=1S/C25H31N3O3/c1-3-23(29)26-21-11-9-18(2)22(17-21)27-25(31)20-13-15-28(16-14-20)24(30)12-10-19-7-5-4-6-8-19/h4-9,11,17,20H,3,10,12-16H2,1-2H3,(H,26,29)(H,27,31). The van der Waals surface area contributed by atoms with Crippen molar-refractivity contribution < 1.29 is 14.4 Å². The Labute approximate surface area is 184 Å². The summed E-state index contributed by atoms with van der Waals surface area (Å²) in [5.74, 6) is -0.0618. The third-order valence-electron chi connectivity index (χ3n) is 5.79. The fourth-order valence-corrected chi connectivity index (χ4v) is 3.76. The molecule has 0 aromatic heterocycles. The number of aryl methyl sites for hydroxylation is 2. The molecule has 1 aliphatic rings. The Hall–Kier alpha value is -3.15. The van der Waals surface area contributed by atoms with Gasteiger partial charge in [-0.15, -0.1) is 0 Å². The van der Waals surface area contributed by atoms with Crippen molar-refractivity contribution in [1.82, 2.24) is 4.90 Å². The maximum absolute atomic E-state index is 12.8. The number of hydrogen-bond acceptors (Lipinski definition) is 3. The molecule has 2 aromatic carbocycles. The van der Waals surface area contributed by atoms with Gasteiger partial charge in [0, 0.05) is 43.2 Å². The number of anilines is 2. The smallest absolute Gasteiger partial charge is 0.227 e. The van der Waals surface area contributed by atoms with Crippen LogP contribution in [0.5, 0.6) is 0 Å². The zero-order valence-corrected chi connectivity index (χ0v) is 18.3. The Morgan fingerprint density at radius 2 is 1.71 bits per heavy atom. The lowest BCUT2D eigenvalue weighted by Gasteiger charge is -2.31. The normalized spacial score (nSPS) is 14.2. The van der Waals surface area contributed by atoms with Gasteiger partial charge in [-0.25, -0.2) is 0 Å². The number of benzene rings is 2. The third kappa shape index (κ3) is 6.41. The van der Waals surface area contributed by atoms with Gasteiger partial charge < -0.3 is 15.5 Å². The molecule has 6 nitrogen and oxygen atoms in total. The first-order valence-corrected chi connectivity index (χ1v) is 11.0. The molecule has 3 rings (SSSR count). The van der Waals surface area contributed by atoms with Crippen LogP contribution in [-0.2, 0) is 20.8 Å². The zero-order valence-electron chi connectivity index (χ0n) is 18.3. The van der Waals surface area contributed by atoms with E-state index in [4.69, 9.17) is 0 Å². The van der Waals surface area contributed by atoms with Gasteiger partial charge in [-0.05, 0) is 49.4 Å². The molecule has 0 radical (unpaired) electrons. The average molecular weight is 422 g/mol. The molecule has 2 aromatic rings. The summed E-state index contributed by atoms with van der Waals surface area (Å²) in [7, 11) is 0. The molecule has 1 aliphatic heterocycles. The molecule has 0 saturated carbocycles. The summed E-state index contributed by atoms with van der Waals surface area (Å²) < 4.78 is 0. The molecule has 1 heterocycles. The van der Waals surface area contributed by atoms with Crippen molar-refractivity contribution in [1.29, 1.82) is 0 Å². The van der Waals surface area contributed by atoms with Gasteiger partial charge in [-0.2, -0.15) is 0 Å². The topological polar surface area (TPSA) is 78.5 Å². The molecule has 1 fully saturated rings. The van der Waals surface area contributed by atoms with Crippen LogP contribution in [0.1, 0.15) is 43.7 Å². The lowest BCUT2D eigenvalue weighted by Crippen LogP contribution is -2.41. The number of likely N-dealkylation sites (tertiary alicyclic amines) is 1. The third-order valence-corrected chi connectivity index (χ3v) is 5.79. The van der Waals surface area contributed by atoms with Gasteiger partial charge in [0.15, 0.2) is 0 Å². The summed E-state index contributed by atoms with van der Waals surface area (Å²) in [4.78, 5) is 38.8. The van der Waals surface area contributed by atoms with Crippen LogP contribution in [0.3, 0.4) is 0 Å². The van der Waals surface area contributed by atoms with Crippen LogP contribution >= 0.6 is 0 Å². The highest BCUT2D eigenvalue weighted by molar-refractivity contribution is 5.95. The van der Waals surface area contributed by atoms with E-state index in [9.17, 15) is 14.4 Å². The Morgan fingerprint density at radius 1 is 1.00 bits per heavy atom. The molecule has 6 heteroatoms. The molecule has 164 valence electrons. The van der Waals surface area contributed by atoms with Crippen LogP contribution in [0, 0.1) is 12.8 Å². The molecule has 2 N–H and O–H groups in total. The number of carbonyl (C=O) groups is 3. The summed E-state index contributed by atoms with van der Waals surface area (Å²) in [5, 5.41) is 5.83. The van der Waals surface area contributed by atoms with E-state index >= 15 is 0 Å². The highest BCUT2D eigenvalue weighted by Gasteiger charge is 2.27. The van der Waals surface area contributed by atoms with Gasteiger partial charge in [0.05, 0.1) is 0 Å². The van der Waals surface area contributed by atoms with Gasteiger partial charge in [0.2, 0.25) is 17.7 Å². The van der Waals surface area contributed by atoms with Gasteiger partial charge in [-0.1, -0.05) is 43.3 Å². The lowest BCUT2D eigenvalue weighted by molar-refractivity contribution is -0.134. The molecule has 1 saturated heterocycles. The van der Waals surface area contributed by atoms with Crippen molar-refractivity contribution in [3.8, 4) is 0 Å². The Kier molecular flexibility index (Phi) is 7.82. The molecular formula is C25H31N3O3. The van der Waals surface area contributed by atoms with Crippen LogP contribution in [0.4, 0.5) is 11.4 Å². The summed E-state index contributed by atoms with van der Waals surface area (Å²) in [5.41, 5.74) is 3.49. The number of amides is 3. The Bertz CT molecular complexity index is 919. The monoisotopic (exact) mass is 421 g/mol. The summed E-state index contributed by atoms with van der Waals surface area (Å²) in [6, 6.07) is 15.5. The second-order valence-corrected chi connectivity index (χ2v) is 8.06. The molecule has 0 aliphatic carbocycles. The van der Waals surface area contributed by atoms with E-state index in [0.29, 0.717) is 50.1 Å². The minimum absolute atomic E-state index is 0.0292. The number of rotatable bonds is 7. The first kappa shape index (κ1) is 22.5. The molecule has 3 amide bonds. The minimum atomic E-state index is -0.119. The van der Waals surface area contributed by atoms with Crippen molar-refractivity contribution in [3.63, 3.8) is 0 Å². The predicted molar refractivity (Wildman–Crippen MR) is 123 cm³/mol. The number of nitrogens with zero attached hydrogens (tertiary/aromatic N) is 1. The molecule has 0 spiro atoms. The lowest BCUT2D eigenvalue weighted by atomic mass is 9.95. The number of carbonyl (C=O) groups excluding carboxylic acids is 3. The van der Waals surface area contributed by atoms with Crippen LogP contribution < -0.4 is 10.6 Å². The van der Waals surface area contributed by atoms with Crippen LogP contribution in [-0.4, -0.2) is 35.7 Å². The SMILES string of the molecule is CCC(=O)Nc1ccc(C)c(NC(=O)C2CCN(C(=O)CCc3ccccc3)CC2)c1. The first-order valence-electron chi connectivity index (χ1n) is 11.0. The average Bonchev–Trinajstić information content (AvgIpc) is 2.80. The minimum Gasteiger partial charge on any atom is -0.343 e. The summed E-state index contributed by atoms with van der Waals surface area (Å²) in [6.45, 7) is 4.94. The fraction of sp³-hybridized carbons (Fsp3) is 0.400. The first-order chi connectivity index (χ1) is 15.0. The van der Waals surface area contributed by atoms with E-state index in [0.717, 1.165) is 17.5 Å². The van der Waals surface area contributed by atoms with Crippen molar-refractivity contribution >= 4 is 29.1 Å². The van der Waals surface area contributed by atoms with Crippen molar-refractivity contribution in [2.75, 3.05) is 23.7 Å². The maximum atomic E-state index is 12.8. The highest BCUT2D eigenvalue weighted by Crippen LogP contribution is 2.24. The fourth-order valence-electron chi connectivity index (χ4n) is 3.76. The van der Waals surface area contributed by atoms with Gasteiger partial charge in [0.25, 0.3) is 0 Å². The summed E-state index contributed by atoms with van der Waals surface area (Å²) >= 11 is 0. The van der Waals surface area contributed by atoms with Crippen molar-refractivity contribution in [2.45, 2.75) is 46.0 Å². The number of piperidine rings is 1. The maximum Gasteiger partial charge on any atom is 0.227 e. The van der Waals surface area contributed by atoms with E-state index < -0.39 is 0 Å². The number of hydrogen-bond donors (Lipinski definition) is 2. The van der Waals surface area contributed by atoms with Crippen LogP contribution in [0.2, 0.25) is 0 Å². The highest BCUT2D eigenvalue weighted by atomic mass is 16.2. The van der Waals surface area contributed by atoms with Crippen molar-refractivity contribution in [2.24, 2.45) is 5.92 Å². The molecule has 0 atom stereocenters. The molecular weight excluding hydrogens is 390 g/mol. The number of nitrogens with one attached hydrogen (secondary N) is 2. The van der Waals surface area contributed by atoms with Crippen LogP contribution in [0.25, 0.3) is 0 Å². The van der Waals surface area contributed by atoms with Gasteiger partial charge in [0.1, 0.15) is 0 Å². The largest absolute Gasteiger partial charge is 0.343 e. The molecule has 0 bridgehead atoms. The van der Waals surface area contributed by atoms with Gasteiger partial charge in [-0.3, -0.25) is 14.4 Å². The van der Waals surface area contributed by atoms with Crippen LogP contribution in [0.15, 0.2) is 48.5 Å². The van der Waals surface area contributed by atoms with Gasteiger partial charge >= 0.3 is 0 Å². The quantitative estimate of drug-likeness (QED) is 0.705. The second kappa shape index (κ2) is 10.8. The van der Waals surface area contributed by atoms with Crippen molar-refractivity contribution in [3.05, 3.63) is 59.7 Å².